The van der Waals surface area contributed by atoms with Crippen molar-refractivity contribution in [2.45, 2.75) is 44.5 Å². The van der Waals surface area contributed by atoms with Gasteiger partial charge in [0.1, 0.15) is 5.01 Å². The van der Waals surface area contributed by atoms with Gasteiger partial charge in [0.2, 0.25) is 11.0 Å². The molecule has 1 amide bonds. The Morgan fingerprint density at radius 2 is 1.97 bits per heavy atom. The second kappa shape index (κ2) is 11.1. The molecule has 0 bridgehead atoms. The van der Waals surface area contributed by atoms with Gasteiger partial charge in [-0.2, -0.15) is 0 Å². The summed E-state index contributed by atoms with van der Waals surface area (Å²) < 4.78 is 13.3. The smallest absolute Gasteiger partial charge is 0.236 e. The molecule has 1 aromatic carbocycles. The average Bonchev–Trinajstić information content (AvgIpc) is 3.40. The Balaban J connectivity index is 1.67. The zero-order valence-electron chi connectivity index (χ0n) is 18.4. The molecule has 1 atom stereocenters. The number of carbonyl (C=O) groups is 1. The first-order chi connectivity index (χ1) is 15.4. The predicted octanol–water partition coefficient (Wildman–Crippen LogP) is 4.32. The van der Waals surface area contributed by atoms with Crippen molar-refractivity contribution in [3.63, 3.8) is 0 Å². The normalized spacial score (nSPS) is 11.9. The number of benzene rings is 1. The van der Waals surface area contributed by atoms with E-state index in [4.69, 9.17) is 9.47 Å². The maximum Gasteiger partial charge on any atom is 0.236 e. The minimum Gasteiger partial charge on any atom is -0.493 e. The van der Waals surface area contributed by atoms with Crippen molar-refractivity contribution in [2.75, 3.05) is 18.2 Å². The Hall–Kier alpha value is -2.92. The number of thioether (sulfide) groups is 1. The van der Waals surface area contributed by atoms with E-state index in [1.807, 2.05) is 49.6 Å². The van der Waals surface area contributed by atoms with Gasteiger partial charge in [-0.15, -0.1) is 27.0 Å². The molecule has 2 aromatic heterocycles. The zero-order valence-corrected chi connectivity index (χ0v) is 20.1. The third kappa shape index (κ3) is 5.86. The number of para-hydroxylation sites is 2. The molecular weight excluding hydrogens is 448 g/mol. The number of carbonyl (C=O) groups excluding carboxylic acids is 1. The van der Waals surface area contributed by atoms with Gasteiger partial charge in [-0.05, 0) is 19.1 Å². The third-order valence-electron chi connectivity index (χ3n) is 4.31. The van der Waals surface area contributed by atoms with Gasteiger partial charge >= 0.3 is 0 Å². The number of nitrogens with one attached hydrogen (secondary N) is 1. The fraction of sp³-hybridized carbons (Fsp3) is 0.381. The molecule has 0 saturated heterocycles. The molecule has 2 heterocycles. The number of nitrogens with zero attached hydrogens (tertiary/aromatic N) is 5. The van der Waals surface area contributed by atoms with Crippen LogP contribution in [-0.4, -0.2) is 43.7 Å². The lowest BCUT2D eigenvalue weighted by Crippen LogP contribution is -2.15. The Bertz CT molecular complexity index is 1070. The second-order valence-electron chi connectivity index (χ2n) is 7.09. The van der Waals surface area contributed by atoms with Crippen LogP contribution in [0.5, 0.6) is 11.5 Å². The number of aromatic nitrogens is 5. The molecule has 0 fully saturated rings. The van der Waals surface area contributed by atoms with Crippen LogP contribution in [0.2, 0.25) is 0 Å². The number of anilines is 1. The monoisotopic (exact) mass is 474 g/mol. The number of allylic oxidation sites excluding steroid dienone is 1. The summed E-state index contributed by atoms with van der Waals surface area (Å²) in [5.41, 5.74) is 0. The summed E-state index contributed by atoms with van der Waals surface area (Å²) in [5, 5.41) is 21.4. The first-order valence-corrected chi connectivity index (χ1v) is 11.8. The number of amides is 1. The molecule has 0 saturated carbocycles. The summed E-state index contributed by atoms with van der Waals surface area (Å²) in [4.78, 5) is 12.4. The topological polar surface area (TPSA) is 104 Å². The summed E-state index contributed by atoms with van der Waals surface area (Å²) in [6.45, 7) is 10.3. The molecule has 0 radical (unpaired) electrons. The Labute approximate surface area is 195 Å². The van der Waals surface area contributed by atoms with Crippen molar-refractivity contribution in [1.29, 1.82) is 0 Å². The molecule has 3 aromatic rings. The van der Waals surface area contributed by atoms with Crippen LogP contribution in [0, 0.1) is 0 Å². The van der Waals surface area contributed by atoms with E-state index in [9.17, 15) is 4.79 Å². The van der Waals surface area contributed by atoms with E-state index in [0.29, 0.717) is 34.2 Å². The number of rotatable bonds is 11. The lowest BCUT2D eigenvalue weighted by molar-refractivity contribution is -0.113. The number of methoxy groups -OCH3 is 1. The zero-order chi connectivity index (χ0) is 23.1. The van der Waals surface area contributed by atoms with Gasteiger partial charge in [0, 0.05) is 12.5 Å². The van der Waals surface area contributed by atoms with Gasteiger partial charge in [0.25, 0.3) is 0 Å². The van der Waals surface area contributed by atoms with Gasteiger partial charge in [0.15, 0.2) is 28.6 Å². The minimum absolute atomic E-state index is 0.160. The summed E-state index contributed by atoms with van der Waals surface area (Å²) in [6.07, 6.45) is 1.36. The van der Waals surface area contributed by atoms with Gasteiger partial charge < -0.3 is 9.47 Å². The summed E-state index contributed by atoms with van der Waals surface area (Å²) in [7, 11) is 1.60. The van der Waals surface area contributed by atoms with Crippen LogP contribution >= 0.6 is 23.1 Å². The van der Waals surface area contributed by atoms with Gasteiger partial charge in [-0.1, -0.05) is 55.2 Å². The largest absolute Gasteiger partial charge is 0.493 e. The van der Waals surface area contributed by atoms with Crippen molar-refractivity contribution in [1.82, 2.24) is 25.0 Å². The lowest BCUT2D eigenvalue weighted by Gasteiger charge is -2.17. The average molecular weight is 475 g/mol. The lowest BCUT2D eigenvalue weighted by atomic mass is 10.2. The van der Waals surface area contributed by atoms with Gasteiger partial charge in [0.05, 0.1) is 12.9 Å². The van der Waals surface area contributed by atoms with E-state index in [1.165, 1.54) is 23.1 Å². The molecule has 1 N–H and O–H groups in total. The standard InChI is InChI=1S/C21H26N6O3S2/c1-6-11-27-18(14(4)30-16-10-8-7-9-15(16)29-5)23-26-21(27)31-12-17(28)22-20-25-24-19(32-20)13(2)3/h6-10,13-14H,1,11-12H2,2-5H3,(H,22,25,28). The molecule has 1 unspecified atom stereocenters. The quantitative estimate of drug-likeness (QED) is 0.324. The maximum absolute atomic E-state index is 12.4. The highest BCUT2D eigenvalue weighted by molar-refractivity contribution is 7.99. The van der Waals surface area contributed by atoms with Crippen LogP contribution in [0.15, 0.2) is 42.1 Å². The molecule has 32 heavy (non-hydrogen) atoms. The second-order valence-corrected chi connectivity index (χ2v) is 9.04. The molecule has 11 heteroatoms. The van der Waals surface area contributed by atoms with Crippen molar-refractivity contribution in [3.8, 4) is 11.5 Å². The molecule has 0 aliphatic heterocycles. The van der Waals surface area contributed by atoms with E-state index in [1.54, 1.807) is 13.2 Å². The van der Waals surface area contributed by atoms with Crippen LogP contribution < -0.4 is 14.8 Å². The van der Waals surface area contributed by atoms with Crippen molar-refractivity contribution < 1.29 is 14.3 Å². The summed E-state index contributed by atoms with van der Waals surface area (Å²) in [6, 6.07) is 7.42. The highest BCUT2D eigenvalue weighted by Crippen LogP contribution is 2.31. The number of hydrogen-bond donors (Lipinski definition) is 1. The van der Waals surface area contributed by atoms with E-state index >= 15 is 0 Å². The molecule has 9 nitrogen and oxygen atoms in total. The summed E-state index contributed by atoms with van der Waals surface area (Å²) >= 11 is 2.66. The SMILES string of the molecule is C=CCn1c(SCC(=O)Nc2nnc(C(C)C)s2)nnc1C(C)Oc1ccccc1OC. The molecule has 3 rings (SSSR count). The molecule has 0 aliphatic rings. The van der Waals surface area contributed by atoms with Gasteiger partial charge in [-0.25, -0.2) is 0 Å². The van der Waals surface area contributed by atoms with E-state index < -0.39 is 6.10 Å². The van der Waals surface area contributed by atoms with Crippen molar-refractivity contribution in [3.05, 3.63) is 47.8 Å². The van der Waals surface area contributed by atoms with Crippen molar-refractivity contribution >= 4 is 34.1 Å². The fourth-order valence-electron chi connectivity index (χ4n) is 2.77. The number of ether oxygens (including phenoxy) is 2. The molecule has 0 aliphatic carbocycles. The molecule has 0 spiro atoms. The first kappa shape index (κ1) is 23.7. The van der Waals surface area contributed by atoms with E-state index in [0.717, 1.165) is 5.01 Å². The fourth-order valence-corrected chi connectivity index (χ4v) is 4.29. The van der Waals surface area contributed by atoms with E-state index in [2.05, 4.69) is 32.3 Å². The molecule has 170 valence electrons. The van der Waals surface area contributed by atoms with Gasteiger partial charge in [-0.3, -0.25) is 14.7 Å². The van der Waals surface area contributed by atoms with Crippen LogP contribution in [0.1, 0.15) is 43.6 Å². The van der Waals surface area contributed by atoms with E-state index in [-0.39, 0.29) is 17.6 Å². The maximum atomic E-state index is 12.4. The Morgan fingerprint density at radius 3 is 2.62 bits per heavy atom. The van der Waals surface area contributed by atoms with Crippen LogP contribution in [-0.2, 0) is 11.3 Å². The van der Waals surface area contributed by atoms with Crippen LogP contribution in [0.4, 0.5) is 5.13 Å². The Morgan fingerprint density at radius 1 is 1.22 bits per heavy atom. The van der Waals surface area contributed by atoms with Crippen molar-refractivity contribution in [2.24, 2.45) is 0 Å². The summed E-state index contributed by atoms with van der Waals surface area (Å²) in [5.74, 6) is 2.12. The van der Waals surface area contributed by atoms with Crippen LogP contribution in [0.3, 0.4) is 0 Å². The highest BCUT2D eigenvalue weighted by Gasteiger charge is 2.21. The minimum atomic E-state index is -0.391. The highest BCUT2D eigenvalue weighted by atomic mass is 32.2. The van der Waals surface area contributed by atoms with Crippen LogP contribution in [0.25, 0.3) is 0 Å². The first-order valence-electron chi connectivity index (χ1n) is 10.0. The molecular formula is C21H26N6O3S2. The number of hydrogen-bond acceptors (Lipinski definition) is 9. The Kier molecular flexibility index (Phi) is 8.23. The third-order valence-corrected chi connectivity index (χ3v) is 6.41. The predicted molar refractivity (Wildman–Crippen MR) is 126 cm³/mol.